The van der Waals surface area contributed by atoms with Crippen LogP contribution in [-0.4, -0.2) is 25.7 Å². The second-order valence-electron chi connectivity index (χ2n) is 4.77. The SMILES string of the molecule is COc1ccc2c(c1)C(=O)CCN2.O=Cc1cccc(Cl)c1Cl. The Balaban J connectivity index is 0.000000174. The van der Waals surface area contributed by atoms with Gasteiger partial charge in [0.1, 0.15) is 5.75 Å². The summed E-state index contributed by atoms with van der Waals surface area (Å²) in [6.45, 7) is 0.734. The van der Waals surface area contributed by atoms with Gasteiger partial charge in [0.25, 0.3) is 0 Å². The van der Waals surface area contributed by atoms with Crippen molar-refractivity contribution in [2.45, 2.75) is 6.42 Å². The molecular formula is C17H15Cl2NO3. The molecule has 0 atom stereocenters. The number of hydrogen-bond acceptors (Lipinski definition) is 4. The zero-order chi connectivity index (χ0) is 16.8. The Morgan fingerprint density at radius 3 is 2.65 bits per heavy atom. The van der Waals surface area contributed by atoms with E-state index in [4.69, 9.17) is 27.9 Å². The lowest BCUT2D eigenvalue weighted by Crippen LogP contribution is -2.17. The molecule has 1 aliphatic rings. The van der Waals surface area contributed by atoms with E-state index in [0.717, 1.165) is 23.5 Å². The summed E-state index contributed by atoms with van der Waals surface area (Å²) in [6.07, 6.45) is 1.24. The lowest BCUT2D eigenvalue weighted by Gasteiger charge is -2.17. The zero-order valence-electron chi connectivity index (χ0n) is 12.4. The summed E-state index contributed by atoms with van der Waals surface area (Å²) in [7, 11) is 1.60. The van der Waals surface area contributed by atoms with Gasteiger partial charge in [-0.15, -0.1) is 0 Å². The molecule has 120 valence electrons. The summed E-state index contributed by atoms with van der Waals surface area (Å²) in [6, 6.07) is 10.4. The molecule has 2 aromatic carbocycles. The van der Waals surface area contributed by atoms with E-state index < -0.39 is 0 Å². The minimum Gasteiger partial charge on any atom is -0.497 e. The number of halogens is 2. The summed E-state index contributed by atoms with van der Waals surface area (Å²) >= 11 is 11.2. The Bertz CT molecular complexity index is 732. The normalized spacial score (nSPS) is 12.4. The van der Waals surface area contributed by atoms with Crippen LogP contribution in [0, 0.1) is 0 Å². The number of Topliss-reactive ketones (excluding diaryl/α,β-unsaturated/α-hetero) is 1. The highest BCUT2D eigenvalue weighted by Crippen LogP contribution is 2.26. The molecule has 0 amide bonds. The fraction of sp³-hybridized carbons (Fsp3) is 0.176. The Morgan fingerprint density at radius 1 is 1.22 bits per heavy atom. The Labute approximate surface area is 144 Å². The van der Waals surface area contributed by atoms with Crippen LogP contribution >= 0.6 is 23.2 Å². The molecule has 1 aliphatic heterocycles. The van der Waals surface area contributed by atoms with Gasteiger partial charge in [0, 0.05) is 29.8 Å². The van der Waals surface area contributed by atoms with Gasteiger partial charge in [0.15, 0.2) is 12.1 Å². The first-order valence-electron chi connectivity index (χ1n) is 6.91. The van der Waals surface area contributed by atoms with Gasteiger partial charge in [-0.05, 0) is 24.3 Å². The van der Waals surface area contributed by atoms with Gasteiger partial charge in [-0.1, -0.05) is 35.3 Å². The van der Waals surface area contributed by atoms with Crippen molar-refractivity contribution in [3.05, 3.63) is 57.6 Å². The topological polar surface area (TPSA) is 55.4 Å². The Hall–Kier alpha value is -2.04. The average Bonchev–Trinajstić information content (AvgIpc) is 2.58. The maximum absolute atomic E-state index is 11.5. The summed E-state index contributed by atoms with van der Waals surface area (Å²) in [5, 5.41) is 3.90. The van der Waals surface area contributed by atoms with Gasteiger partial charge in [-0.3, -0.25) is 9.59 Å². The van der Waals surface area contributed by atoms with Crippen molar-refractivity contribution in [3.63, 3.8) is 0 Å². The van der Waals surface area contributed by atoms with E-state index in [0.29, 0.717) is 28.3 Å². The number of carbonyl (C=O) groups is 2. The van der Waals surface area contributed by atoms with E-state index in [2.05, 4.69) is 5.32 Å². The number of carbonyl (C=O) groups excluding carboxylic acids is 2. The second-order valence-corrected chi connectivity index (χ2v) is 5.56. The van der Waals surface area contributed by atoms with Crippen LogP contribution < -0.4 is 10.1 Å². The first-order valence-corrected chi connectivity index (χ1v) is 7.66. The highest BCUT2D eigenvalue weighted by atomic mass is 35.5. The van der Waals surface area contributed by atoms with Crippen LogP contribution in [0.1, 0.15) is 27.1 Å². The number of methoxy groups -OCH3 is 1. The van der Waals surface area contributed by atoms with Gasteiger partial charge in [0.05, 0.1) is 17.2 Å². The number of ether oxygens (including phenoxy) is 1. The van der Waals surface area contributed by atoms with E-state index in [9.17, 15) is 9.59 Å². The Morgan fingerprint density at radius 2 is 2.00 bits per heavy atom. The predicted molar refractivity (Wildman–Crippen MR) is 92.3 cm³/mol. The van der Waals surface area contributed by atoms with Gasteiger partial charge in [-0.25, -0.2) is 0 Å². The summed E-state index contributed by atoms with van der Waals surface area (Å²) in [5.41, 5.74) is 2.08. The van der Waals surface area contributed by atoms with E-state index in [-0.39, 0.29) is 5.78 Å². The smallest absolute Gasteiger partial charge is 0.166 e. The molecule has 0 fully saturated rings. The Kier molecular flexibility index (Phi) is 6.02. The van der Waals surface area contributed by atoms with Crippen molar-refractivity contribution in [1.29, 1.82) is 0 Å². The third-order valence-electron chi connectivity index (χ3n) is 3.30. The molecule has 0 aliphatic carbocycles. The molecule has 23 heavy (non-hydrogen) atoms. The van der Waals surface area contributed by atoms with Crippen molar-refractivity contribution < 1.29 is 14.3 Å². The third kappa shape index (κ3) is 4.24. The quantitative estimate of drug-likeness (QED) is 0.809. The lowest BCUT2D eigenvalue weighted by atomic mass is 10.0. The van der Waals surface area contributed by atoms with Crippen LogP contribution in [0.3, 0.4) is 0 Å². The van der Waals surface area contributed by atoms with Crippen LogP contribution in [0.15, 0.2) is 36.4 Å². The number of rotatable bonds is 2. The molecule has 6 heteroatoms. The van der Waals surface area contributed by atoms with Crippen molar-refractivity contribution in [2.24, 2.45) is 0 Å². The summed E-state index contributed by atoms with van der Waals surface area (Å²) in [4.78, 5) is 21.7. The fourth-order valence-corrected chi connectivity index (χ4v) is 2.44. The number of hydrogen-bond donors (Lipinski definition) is 1. The molecule has 0 unspecified atom stereocenters. The number of nitrogens with one attached hydrogen (secondary N) is 1. The molecule has 0 saturated heterocycles. The van der Waals surface area contributed by atoms with E-state index in [1.165, 1.54) is 0 Å². The van der Waals surface area contributed by atoms with Crippen LogP contribution in [0.4, 0.5) is 5.69 Å². The first kappa shape index (κ1) is 17.3. The third-order valence-corrected chi connectivity index (χ3v) is 4.14. The van der Waals surface area contributed by atoms with E-state index in [1.54, 1.807) is 31.4 Å². The number of ketones is 1. The molecule has 0 aromatic heterocycles. The van der Waals surface area contributed by atoms with Crippen molar-refractivity contribution in [2.75, 3.05) is 19.0 Å². The number of aldehydes is 1. The lowest BCUT2D eigenvalue weighted by molar-refractivity contribution is 0.0983. The second kappa shape index (κ2) is 7.99. The monoisotopic (exact) mass is 351 g/mol. The fourth-order valence-electron chi connectivity index (χ4n) is 2.09. The maximum atomic E-state index is 11.5. The molecule has 1 N–H and O–H groups in total. The molecule has 0 bridgehead atoms. The van der Waals surface area contributed by atoms with Crippen molar-refractivity contribution >= 4 is 41.0 Å². The zero-order valence-corrected chi connectivity index (χ0v) is 13.9. The first-order chi connectivity index (χ1) is 11.1. The van der Waals surface area contributed by atoms with Gasteiger partial charge < -0.3 is 10.1 Å². The standard InChI is InChI=1S/C10H11NO2.C7H4Cl2O/c1-13-7-2-3-9-8(6-7)10(12)4-5-11-9;8-6-3-1-2-5(4-10)7(6)9/h2-3,6,11H,4-5H2,1H3;1-4H. The number of anilines is 1. The van der Waals surface area contributed by atoms with Crippen LogP contribution in [0.5, 0.6) is 5.75 Å². The van der Waals surface area contributed by atoms with E-state index in [1.807, 2.05) is 12.1 Å². The van der Waals surface area contributed by atoms with Crippen molar-refractivity contribution in [3.8, 4) is 5.75 Å². The van der Waals surface area contributed by atoms with Crippen LogP contribution in [-0.2, 0) is 0 Å². The van der Waals surface area contributed by atoms with Gasteiger partial charge in [0.2, 0.25) is 0 Å². The molecule has 0 radical (unpaired) electrons. The molecular weight excluding hydrogens is 337 g/mol. The molecule has 0 spiro atoms. The summed E-state index contributed by atoms with van der Waals surface area (Å²) < 4.78 is 5.05. The maximum Gasteiger partial charge on any atom is 0.166 e. The van der Waals surface area contributed by atoms with Gasteiger partial charge >= 0.3 is 0 Å². The molecule has 0 saturated carbocycles. The largest absolute Gasteiger partial charge is 0.497 e. The van der Waals surface area contributed by atoms with E-state index >= 15 is 0 Å². The highest BCUT2D eigenvalue weighted by Gasteiger charge is 2.16. The van der Waals surface area contributed by atoms with Crippen molar-refractivity contribution in [1.82, 2.24) is 0 Å². The molecule has 1 heterocycles. The highest BCUT2D eigenvalue weighted by molar-refractivity contribution is 6.43. The molecule has 2 aromatic rings. The number of fused-ring (bicyclic) bond motifs is 1. The number of benzene rings is 2. The summed E-state index contributed by atoms with van der Waals surface area (Å²) in [5.74, 6) is 0.920. The molecule has 3 rings (SSSR count). The average molecular weight is 352 g/mol. The molecule has 4 nitrogen and oxygen atoms in total. The van der Waals surface area contributed by atoms with Gasteiger partial charge in [-0.2, -0.15) is 0 Å². The van der Waals surface area contributed by atoms with Crippen LogP contribution in [0.25, 0.3) is 0 Å². The minimum absolute atomic E-state index is 0.188. The van der Waals surface area contributed by atoms with Crippen LogP contribution in [0.2, 0.25) is 10.0 Å². The minimum atomic E-state index is 0.188. The predicted octanol–water partition coefficient (Wildman–Crippen LogP) is 4.50.